The molecular weight excluding hydrogens is 294 g/mol. The average molecular weight is 311 g/mol. The third-order valence-electron chi connectivity index (χ3n) is 4.14. The quantitative estimate of drug-likeness (QED) is 0.759. The summed E-state index contributed by atoms with van der Waals surface area (Å²) in [4.78, 5) is 17.1. The number of nitrogen functional groups attached to an aromatic ring is 1. The zero-order valence-corrected chi connectivity index (χ0v) is 13.2. The minimum absolute atomic E-state index is 0.437. The number of benzene rings is 1. The molecule has 0 saturated carbocycles. The predicted octanol–water partition coefficient (Wildman–Crippen LogP) is 3.27. The molecule has 0 amide bonds. The highest BCUT2D eigenvalue weighted by atomic mass is 32.2. The summed E-state index contributed by atoms with van der Waals surface area (Å²) in [6.07, 6.45) is 6.42. The van der Waals surface area contributed by atoms with E-state index in [1.54, 1.807) is 11.8 Å². The van der Waals surface area contributed by atoms with E-state index in [1.165, 1.54) is 53.6 Å². The molecule has 3 N–H and O–H groups in total. The third kappa shape index (κ3) is 2.33. The molecule has 0 spiro atoms. The maximum Gasteiger partial charge on any atom is 0.183 e. The molecule has 22 heavy (non-hydrogen) atoms. The molecule has 1 aromatic carbocycles. The molecule has 5 nitrogen and oxygen atoms in total. The van der Waals surface area contributed by atoms with Gasteiger partial charge in [-0.25, -0.2) is 15.0 Å². The molecule has 0 radical (unpaired) electrons. The van der Waals surface area contributed by atoms with Gasteiger partial charge >= 0.3 is 0 Å². The van der Waals surface area contributed by atoms with Crippen molar-refractivity contribution in [3.05, 3.63) is 35.2 Å². The molecule has 2 aromatic heterocycles. The minimum Gasteiger partial charge on any atom is -0.382 e. The maximum atomic E-state index is 5.85. The van der Waals surface area contributed by atoms with E-state index in [1.807, 2.05) is 0 Å². The van der Waals surface area contributed by atoms with E-state index in [9.17, 15) is 0 Å². The van der Waals surface area contributed by atoms with Crippen molar-refractivity contribution in [2.24, 2.45) is 0 Å². The van der Waals surface area contributed by atoms with Crippen LogP contribution in [0.25, 0.3) is 11.2 Å². The largest absolute Gasteiger partial charge is 0.382 e. The van der Waals surface area contributed by atoms with Crippen LogP contribution in [-0.4, -0.2) is 19.9 Å². The number of hydrogen-bond acceptors (Lipinski definition) is 5. The second kappa shape index (κ2) is 5.28. The van der Waals surface area contributed by atoms with E-state index in [2.05, 4.69) is 39.0 Å². The van der Waals surface area contributed by atoms with E-state index in [0.29, 0.717) is 17.0 Å². The molecule has 0 fully saturated rings. The normalized spacial score (nSPS) is 14.2. The van der Waals surface area contributed by atoms with Gasteiger partial charge in [-0.1, -0.05) is 17.8 Å². The number of fused-ring (bicyclic) bond motifs is 2. The van der Waals surface area contributed by atoms with Crippen LogP contribution in [0, 0.1) is 6.92 Å². The summed E-state index contributed by atoms with van der Waals surface area (Å²) in [5.41, 5.74) is 11.5. The van der Waals surface area contributed by atoms with Crippen molar-refractivity contribution in [3.8, 4) is 0 Å². The van der Waals surface area contributed by atoms with E-state index in [4.69, 9.17) is 5.73 Å². The fraction of sp³-hybridized carbons (Fsp3) is 0.312. The van der Waals surface area contributed by atoms with Crippen LogP contribution in [-0.2, 0) is 12.8 Å². The number of nitrogens with one attached hydrogen (secondary N) is 1. The van der Waals surface area contributed by atoms with Crippen LogP contribution in [0.5, 0.6) is 0 Å². The number of aryl methyl sites for hydroxylation is 3. The first-order chi connectivity index (χ1) is 10.7. The molecule has 1 aliphatic rings. The van der Waals surface area contributed by atoms with Gasteiger partial charge in [0.25, 0.3) is 0 Å². The van der Waals surface area contributed by atoms with Gasteiger partial charge in [0.15, 0.2) is 16.6 Å². The van der Waals surface area contributed by atoms with Crippen molar-refractivity contribution in [1.82, 2.24) is 19.9 Å². The lowest BCUT2D eigenvalue weighted by atomic mass is 9.90. The van der Waals surface area contributed by atoms with Crippen LogP contribution in [0.4, 0.5) is 5.82 Å². The van der Waals surface area contributed by atoms with E-state index in [-0.39, 0.29) is 0 Å². The van der Waals surface area contributed by atoms with Gasteiger partial charge < -0.3 is 10.7 Å². The maximum absolute atomic E-state index is 5.85. The van der Waals surface area contributed by atoms with Gasteiger partial charge in [-0.2, -0.15) is 0 Å². The van der Waals surface area contributed by atoms with Gasteiger partial charge in [0.1, 0.15) is 11.8 Å². The zero-order chi connectivity index (χ0) is 15.1. The summed E-state index contributed by atoms with van der Waals surface area (Å²) in [5.74, 6) is 0.437. The Morgan fingerprint density at radius 3 is 2.68 bits per heavy atom. The Labute approximate surface area is 132 Å². The lowest BCUT2D eigenvalue weighted by Gasteiger charge is -2.18. The zero-order valence-electron chi connectivity index (χ0n) is 12.4. The fourth-order valence-electron chi connectivity index (χ4n) is 2.97. The van der Waals surface area contributed by atoms with Crippen molar-refractivity contribution in [3.63, 3.8) is 0 Å². The monoisotopic (exact) mass is 311 g/mol. The summed E-state index contributed by atoms with van der Waals surface area (Å²) in [6, 6.07) is 4.64. The van der Waals surface area contributed by atoms with Gasteiger partial charge in [-0.3, -0.25) is 0 Å². The number of aromatic amines is 1. The van der Waals surface area contributed by atoms with Gasteiger partial charge in [-0.05, 0) is 55.4 Å². The Morgan fingerprint density at radius 2 is 1.91 bits per heavy atom. The van der Waals surface area contributed by atoms with Crippen molar-refractivity contribution in [2.75, 3.05) is 5.73 Å². The van der Waals surface area contributed by atoms with Crippen LogP contribution < -0.4 is 5.73 Å². The van der Waals surface area contributed by atoms with Crippen molar-refractivity contribution in [1.29, 1.82) is 0 Å². The predicted molar refractivity (Wildman–Crippen MR) is 88.0 cm³/mol. The Morgan fingerprint density at radius 1 is 1.14 bits per heavy atom. The number of rotatable bonds is 2. The van der Waals surface area contributed by atoms with Crippen LogP contribution in [0.15, 0.2) is 28.5 Å². The standard InChI is InChI=1S/C16H17N5S/c1-9-6-10-4-2-3-5-11(10)7-12(9)22-16-20-13-14(17)18-8-19-15(13)21-16/h6-8H,2-5H2,1H3,(H3,17,18,19,20,21). The summed E-state index contributed by atoms with van der Waals surface area (Å²) < 4.78 is 0. The molecule has 2 heterocycles. The van der Waals surface area contributed by atoms with E-state index >= 15 is 0 Å². The minimum atomic E-state index is 0.437. The topological polar surface area (TPSA) is 80.5 Å². The van der Waals surface area contributed by atoms with Crippen molar-refractivity contribution in [2.45, 2.75) is 42.7 Å². The SMILES string of the molecule is Cc1cc2c(cc1Sc1nc3ncnc(N)c3[nH]1)CCCC2. The molecule has 4 rings (SSSR count). The van der Waals surface area contributed by atoms with Crippen molar-refractivity contribution >= 4 is 28.7 Å². The van der Waals surface area contributed by atoms with E-state index < -0.39 is 0 Å². The molecule has 0 bridgehead atoms. The van der Waals surface area contributed by atoms with Crippen LogP contribution in [0.3, 0.4) is 0 Å². The lowest BCUT2D eigenvalue weighted by Crippen LogP contribution is -2.03. The molecule has 3 aromatic rings. The summed E-state index contributed by atoms with van der Waals surface area (Å²) in [7, 11) is 0. The number of anilines is 1. The smallest absolute Gasteiger partial charge is 0.183 e. The fourth-order valence-corrected chi connectivity index (χ4v) is 3.89. The number of aromatic nitrogens is 4. The number of nitrogens with two attached hydrogens (primary N) is 1. The van der Waals surface area contributed by atoms with Gasteiger partial charge in [0, 0.05) is 4.90 Å². The summed E-state index contributed by atoms with van der Waals surface area (Å²) in [6.45, 7) is 2.16. The molecule has 6 heteroatoms. The van der Waals surface area contributed by atoms with Gasteiger partial charge in [0.2, 0.25) is 0 Å². The summed E-state index contributed by atoms with van der Waals surface area (Å²) in [5, 5.41) is 0.807. The van der Waals surface area contributed by atoms with Crippen molar-refractivity contribution < 1.29 is 0 Å². The Hall–Kier alpha value is -2.08. The summed E-state index contributed by atoms with van der Waals surface area (Å²) >= 11 is 1.63. The van der Waals surface area contributed by atoms with Gasteiger partial charge in [0.05, 0.1) is 0 Å². The van der Waals surface area contributed by atoms with Crippen LogP contribution >= 0.6 is 11.8 Å². The molecule has 1 aliphatic carbocycles. The number of nitrogens with zero attached hydrogens (tertiary/aromatic N) is 3. The second-order valence-electron chi connectivity index (χ2n) is 5.70. The first-order valence-corrected chi connectivity index (χ1v) is 8.29. The number of hydrogen-bond donors (Lipinski definition) is 2. The lowest BCUT2D eigenvalue weighted by molar-refractivity contribution is 0.682. The Kier molecular flexibility index (Phi) is 3.26. The highest BCUT2D eigenvalue weighted by Crippen LogP contribution is 2.34. The number of imidazole rings is 1. The molecule has 0 saturated heterocycles. The van der Waals surface area contributed by atoms with Gasteiger partial charge in [-0.15, -0.1) is 0 Å². The van der Waals surface area contributed by atoms with Crippen LogP contribution in [0.1, 0.15) is 29.5 Å². The van der Waals surface area contributed by atoms with Crippen LogP contribution in [0.2, 0.25) is 0 Å². The first kappa shape index (κ1) is 13.6. The Balaban J connectivity index is 1.71. The average Bonchev–Trinajstić information content (AvgIpc) is 2.92. The highest BCUT2D eigenvalue weighted by Gasteiger charge is 2.14. The molecular formula is C16H17N5S. The molecule has 0 atom stereocenters. The van der Waals surface area contributed by atoms with E-state index in [0.717, 1.165) is 5.16 Å². The Bertz CT molecular complexity index is 855. The second-order valence-corrected chi connectivity index (χ2v) is 6.73. The molecule has 0 aliphatic heterocycles. The molecule has 112 valence electrons. The first-order valence-electron chi connectivity index (χ1n) is 7.47. The number of H-pyrrole nitrogens is 1. The third-order valence-corrected chi connectivity index (χ3v) is 5.19. The highest BCUT2D eigenvalue weighted by molar-refractivity contribution is 7.99. The molecule has 0 unspecified atom stereocenters.